The molecule has 2 unspecified atom stereocenters. The normalized spacial score (nSPS) is 21.4. The molecule has 0 radical (unpaired) electrons. The molecule has 1 aliphatic rings. The third-order valence-corrected chi connectivity index (χ3v) is 3.35. The monoisotopic (exact) mass is 258 g/mol. The molecule has 0 aromatic rings. The molecule has 0 aromatic heterocycles. The van der Waals surface area contributed by atoms with Gasteiger partial charge in [0.05, 0.1) is 0 Å². The van der Waals surface area contributed by atoms with Crippen LogP contribution in [0.25, 0.3) is 0 Å². The van der Waals surface area contributed by atoms with Crippen molar-refractivity contribution < 1.29 is 19.8 Å². The highest BCUT2D eigenvalue weighted by atomic mass is 16.4. The van der Waals surface area contributed by atoms with Crippen molar-refractivity contribution in [3.63, 3.8) is 0 Å². The van der Waals surface area contributed by atoms with Crippen molar-refractivity contribution in [1.29, 1.82) is 0 Å². The Labute approximate surface area is 107 Å². The van der Waals surface area contributed by atoms with Crippen molar-refractivity contribution in [2.24, 2.45) is 0 Å². The van der Waals surface area contributed by atoms with Crippen LogP contribution in [-0.4, -0.2) is 52.3 Å². The fourth-order valence-electron chi connectivity index (χ4n) is 2.29. The molecule has 2 atom stereocenters. The molecule has 6 heteroatoms. The number of hydrogen-bond donors (Lipinski definition) is 3. The Morgan fingerprint density at radius 3 is 2.72 bits per heavy atom. The molecule has 0 saturated carbocycles. The number of piperidine rings is 1. The topological polar surface area (TPSA) is 89.9 Å². The van der Waals surface area contributed by atoms with E-state index in [1.807, 2.05) is 0 Å². The van der Waals surface area contributed by atoms with Crippen LogP contribution in [0.4, 0.5) is 4.79 Å². The number of carboxylic acids is 1. The van der Waals surface area contributed by atoms with E-state index in [9.17, 15) is 9.59 Å². The Hall–Kier alpha value is -1.30. The van der Waals surface area contributed by atoms with Gasteiger partial charge in [-0.05, 0) is 32.1 Å². The minimum absolute atomic E-state index is 0.0232. The van der Waals surface area contributed by atoms with Crippen molar-refractivity contribution in [2.75, 3.05) is 13.2 Å². The van der Waals surface area contributed by atoms with Crippen LogP contribution in [0.1, 0.15) is 39.0 Å². The first-order valence-electron chi connectivity index (χ1n) is 6.51. The molecule has 18 heavy (non-hydrogen) atoms. The van der Waals surface area contributed by atoms with Crippen LogP contribution >= 0.6 is 0 Å². The maximum Gasteiger partial charge on any atom is 0.326 e. The van der Waals surface area contributed by atoms with E-state index < -0.39 is 12.0 Å². The Kier molecular flexibility index (Phi) is 5.91. The summed E-state index contributed by atoms with van der Waals surface area (Å²) < 4.78 is 0. The number of rotatable bonds is 5. The SMILES string of the molecule is CCC(NC(=O)N1CCCCC1CCO)C(=O)O. The summed E-state index contributed by atoms with van der Waals surface area (Å²) in [6.07, 6.45) is 3.76. The third-order valence-electron chi connectivity index (χ3n) is 3.35. The van der Waals surface area contributed by atoms with Gasteiger partial charge in [-0.25, -0.2) is 9.59 Å². The molecule has 1 rings (SSSR count). The molecule has 1 aliphatic heterocycles. The number of hydrogen-bond acceptors (Lipinski definition) is 3. The van der Waals surface area contributed by atoms with Crippen LogP contribution in [0.2, 0.25) is 0 Å². The lowest BCUT2D eigenvalue weighted by atomic mass is 10.00. The summed E-state index contributed by atoms with van der Waals surface area (Å²) in [7, 11) is 0. The molecule has 1 heterocycles. The number of amides is 2. The van der Waals surface area contributed by atoms with E-state index in [4.69, 9.17) is 10.2 Å². The van der Waals surface area contributed by atoms with E-state index in [2.05, 4.69) is 5.32 Å². The number of carboxylic acid groups (broad SMARTS) is 1. The molecule has 104 valence electrons. The quantitative estimate of drug-likeness (QED) is 0.680. The summed E-state index contributed by atoms with van der Waals surface area (Å²) in [6.45, 7) is 2.40. The van der Waals surface area contributed by atoms with Gasteiger partial charge >= 0.3 is 12.0 Å². The lowest BCUT2D eigenvalue weighted by molar-refractivity contribution is -0.139. The minimum atomic E-state index is -1.01. The molecule has 0 aromatic carbocycles. The van der Waals surface area contributed by atoms with E-state index in [1.165, 1.54) is 0 Å². The summed E-state index contributed by atoms with van der Waals surface area (Å²) in [5, 5.41) is 20.4. The molecule has 1 saturated heterocycles. The maximum absolute atomic E-state index is 12.0. The largest absolute Gasteiger partial charge is 0.480 e. The number of nitrogens with one attached hydrogen (secondary N) is 1. The lowest BCUT2D eigenvalue weighted by Gasteiger charge is -2.36. The molecule has 2 amide bonds. The predicted octanol–water partition coefficient (Wildman–Crippen LogP) is 0.796. The number of nitrogens with zero attached hydrogens (tertiary/aromatic N) is 1. The number of carbonyl (C=O) groups is 2. The van der Waals surface area contributed by atoms with Gasteiger partial charge in [0.1, 0.15) is 6.04 Å². The van der Waals surface area contributed by atoms with Crippen molar-refractivity contribution in [3.8, 4) is 0 Å². The molecule has 0 spiro atoms. The summed E-state index contributed by atoms with van der Waals surface area (Å²) in [4.78, 5) is 24.6. The van der Waals surface area contributed by atoms with Crippen LogP contribution < -0.4 is 5.32 Å². The van der Waals surface area contributed by atoms with Gasteiger partial charge in [0.25, 0.3) is 0 Å². The van der Waals surface area contributed by atoms with Gasteiger partial charge in [0, 0.05) is 19.2 Å². The van der Waals surface area contributed by atoms with Crippen LogP contribution in [0.15, 0.2) is 0 Å². The maximum atomic E-state index is 12.0. The first kappa shape index (κ1) is 14.8. The number of aliphatic hydroxyl groups is 1. The standard InChI is InChI=1S/C12H22N2O4/c1-2-10(11(16)17)13-12(18)14-7-4-3-5-9(14)6-8-15/h9-10,15H,2-8H2,1H3,(H,13,18)(H,16,17). The van der Waals surface area contributed by atoms with Gasteiger partial charge < -0.3 is 20.4 Å². The molecule has 1 fully saturated rings. The van der Waals surface area contributed by atoms with Crippen molar-refractivity contribution in [2.45, 2.75) is 51.1 Å². The predicted molar refractivity (Wildman–Crippen MR) is 66.3 cm³/mol. The minimum Gasteiger partial charge on any atom is -0.480 e. The van der Waals surface area contributed by atoms with Gasteiger partial charge in [0.2, 0.25) is 0 Å². The van der Waals surface area contributed by atoms with E-state index in [0.29, 0.717) is 19.4 Å². The summed E-state index contributed by atoms with van der Waals surface area (Å²) >= 11 is 0. The smallest absolute Gasteiger partial charge is 0.326 e. The van der Waals surface area contributed by atoms with Crippen LogP contribution in [0, 0.1) is 0 Å². The Morgan fingerprint density at radius 2 is 2.17 bits per heavy atom. The fourth-order valence-corrected chi connectivity index (χ4v) is 2.29. The van der Waals surface area contributed by atoms with E-state index >= 15 is 0 Å². The fraction of sp³-hybridized carbons (Fsp3) is 0.833. The van der Waals surface area contributed by atoms with Crippen molar-refractivity contribution >= 4 is 12.0 Å². The highest BCUT2D eigenvalue weighted by Gasteiger charge is 2.28. The van der Waals surface area contributed by atoms with Crippen molar-refractivity contribution in [3.05, 3.63) is 0 Å². The summed E-state index contributed by atoms with van der Waals surface area (Å²) in [5.41, 5.74) is 0. The molecule has 3 N–H and O–H groups in total. The van der Waals surface area contributed by atoms with Crippen LogP contribution in [0.5, 0.6) is 0 Å². The zero-order chi connectivity index (χ0) is 13.5. The first-order valence-corrected chi connectivity index (χ1v) is 6.51. The Morgan fingerprint density at radius 1 is 1.44 bits per heavy atom. The Bertz CT molecular complexity index is 294. The molecule has 6 nitrogen and oxygen atoms in total. The number of carbonyl (C=O) groups excluding carboxylic acids is 1. The first-order chi connectivity index (χ1) is 8.60. The second kappa shape index (κ2) is 7.20. The average molecular weight is 258 g/mol. The number of likely N-dealkylation sites (tertiary alicyclic amines) is 1. The molecule has 0 bridgehead atoms. The zero-order valence-electron chi connectivity index (χ0n) is 10.8. The van der Waals surface area contributed by atoms with Gasteiger partial charge in [-0.3, -0.25) is 0 Å². The highest BCUT2D eigenvalue weighted by molar-refractivity contribution is 5.82. The van der Waals surface area contributed by atoms with Crippen LogP contribution in [0.3, 0.4) is 0 Å². The molecular formula is C12H22N2O4. The Balaban J connectivity index is 2.59. The summed E-state index contributed by atoms with van der Waals surface area (Å²) in [5.74, 6) is -1.01. The second-order valence-electron chi connectivity index (χ2n) is 4.60. The van der Waals surface area contributed by atoms with Gasteiger partial charge in [-0.15, -0.1) is 0 Å². The van der Waals surface area contributed by atoms with Gasteiger partial charge in [-0.2, -0.15) is 0 Å². The average Bonchev–Trinajstić information content (AvgIpc) is 2.36. The number of aliphatic hydroxyl groups excluding tert-OH is 1. The molecular weight excluding hydrogens is 236 g/mol. The molecule has 0 aliphatic carbocycles. The van der Waals surface area contributed by atoms with Crippen LogP contribution in [-0.2, 0) is 4.79 Å². The number of aliphatic carboxylic acids is 1. The lowest BCUT2D eigenvalue weighted by Crippen LogP contribution is -2.53. The van der Waals surface area contributed by atoms with Gasteiger partial charge in [0.15, 0.2) is 0 Å². The van der Waals surface area contributed by atoms with Gasteiger partial charge in [-0.1, -0.05) is 6.92 Å². The van der Waals surface area contributed by atoms with Crippen molar-refractivity contribution in [1.82, 2.24) is 10.2 Å². The highest BCUT2D eigenvalue weighted by Crippen LogP contribution is 2.19. The second-order valence-corrected chi connectivity index (χ2v) is 4.60. The zero-order valence-corrected chi connectivity index (χ0v) is 10.8. The third kappa shape index (κ3) is 3.87. The van der Waals surface area contributed by atoms with E-state index in [-0.39, 0.29) is 18.7 Å². The van der Waals surface area contributed by atoms with E-state index in [1.54, 1.807) is 11.8 Å². The summed E-state index contributed by atoms with van der Waals surface area (Å²) in [6, 6.07) is -1.15. The number of urea groups is 1. The van der Waals surface area contributed by atoms with E-state index in [0.717, 1.165) is 19.3 Å².